The Bertz CT molecular complexity index is 690. The molecular formula is C20H26Cl2N2O2. The van der Waals surface area contributed by atoms with Crippen LogP contribution < -0.4 is 4.90 Å². The molecule has 1 amide bonds. The predicted octanol–water partition coefficient (Wildman–Crippen LogP) is 4.12. The number of piperidine rings is 1. The molecule has 0 unspecified atom stereocenters. The molecule has 1 aliphatic carbocycles. The molecule has 2 aliphatic heterocycles. The van der Waals surface area contributed by atoms with E-state index in [4.69, 9.17) is 23.2 Å². The van der Waals surface area contributed by atoms with Gasteiger partial charge >= 0.3 is 0 Å². The van der Waals surface area contributed by atoms with Gasteiger partial charge in [0.1, 0.15) is 0 Å². The number of amides is 1. The van der Waals surface area contributed by atoms with Gasteiger partial charge < -0.3 is 14.9 Å². The Balaban J connectivity index is 1.52. The Kier molecular flexibility index (Phi) is 5.10. The SMILES string of the molecule is O=C1N([C@H]2CC[C@@H](O)CC2)CC[C@]12CCCN(c1cccc(Cl)c1Cl)C2. The van der Waals surface area contributed by atoms with Crippen molar-refractivity contribution < 1.29 is 9.90 Å². The lowest BCUT2D eigenvalue weighted by Gasteiger charge is -2.41. The molecule has 1 aromatic rings. The smallest absolute Gasteiger partial charge is 0.230 e. The van der Waals surface area contributed by atoms with Gasteiger partial charge in [-0.05, 0) is 57.1 Å². The predicted molar refractivity (Wildman–Crippen MR) is 105 cm³/mol. The van der Waals surface area contributed by atoms with E-state index in [1.165, 1.54) is 0 Å². The van der Waals surface area contributed by atoms with Gasteiger partial charge in [-0.15, -0.1) is 0 Å². The summed E-state index contributed by atoms with van der Waals surface area (Å²) in [7, 11) is 0. The maximum absolute atomic E-state index is 13.4. The summed E-state index contributed by atoms with van der Waals surface area (Å²) in [6, 6.07) is 6.01. The van der Waals surface area contributed by atoms with E-state index in [-0.39, 0.29) is 11.5 Å². The van der Waals surface area contributed by atoms with Crippen LogP contribution in [-0.4, -0.2) is 47.7 Å². The van der Waals surface area contributed by atoms with Crippen LogP contribution in [0.1, 0.15) is 44.9 Å². The highest BCUT2D eigenvalue weighted by Gasteiger charge is 2.50. The monoisotopic (exact) mass is 396 g/mol. The maximum Gasteiger partial charge on any atom is 0.230 e. The first kappa shape index (κ1) is 18.4. The number of hydrogen-bond donors (Lipinski definition) is 1. The van der Waals surface area contributed by atoms with Crippen molar-refractivity contribution in [2.75, 3.05) is 24.5 Å². The van der Waals surface area contributed by atoms with Crippen LogP contribution in [-0.2, 0) is 4.79 Å². The summed E-state index contributed by atoms with van der Waals surface area (Å²) >= 11 is 12.6. The van der Waals surface area contributed by atoms with E-state index in [0.717, 1.165) is 70.3 Å². The van der Waals surface area contributed by atoms with Gasteiger partial charge in [0.05, 0.1) is 27.3 Å². The fourth-order valence-electron chi connectivity index (χ4n) is 5.02. The van der Waals surface area contributed by atoms with Crippen LogP contribution in [0.5, 0.6) is 0 Å². The van der Waals surface area contributed by atoms with Gasteiger partial charge in [0.25, 0.3) is 0 Å². The maximum atomic E-state index is 13.4. The lowest BCUT2D eigenvalue weighted by molar-refractivity contribution is -0.139. The van der Waals surface area contributed by atoms with Crippen molar-refractivity contribution >= 4 is 34.8 Å². The highest BCUT2D eigenvalue weighted by atomic mass is 35.5. The number of likely N-dealkylation sites (tertiary alicyclic amines) is 1. The molecule has 4 rings (SSSR count). The molecule has 1 atom stereocenters. The number of benzene rings is 1. The number of rotatable bonds is 2. The van der Waals surface area contributed by atoms with Crippen molar-refractivity contribution in [1.82, 2.24) is 4.90 Å². The van der Waals surface area contributed by atoms with E-state index in [1.54, 1.807) is 6.07 Å². The van der Waals surface area contributed by atoms with Gasteiger partial charge in [-0.3, -0.25) is 4.79 Å². The zero-order chi connectivity index (χ0) is 18.3. The van der Waals surface area contributed by atoms with E-state index < -0.39 is 0 Å². The number of anilines is 1. The Morgan fingerprint density at radius 1 is 1.08 bits per heavy atom. The van der Waals surface area contributed by atoms with Crippen LogP contribution in [0.2, 0.25) is 10.0 Å². The highest BCUT2D eigenvalue weighted by Crippen LogP contribution is 2.45. The fraction of sp³-hybridized carbons (Fsp3) is 0.650. The van der Waals surface area contributed by atoms with E-state index >= 15 is 0 Å². The van der Waals surface area contributed by atoms with Crippen LogP contribution >= 0.6 is 23.2 Å². The van der Waals surface area contributed by atoms with E-state index in [1.807, 2.05) is 12.1 Å². The number of carbonyl (C=O) groups excluding carboxylic acids is 1. The quantitative estimate of drug-likeness (QED) is 0.817. The van der Waals surface area contributed by atoms with Gasteiger partial charge in [-0.25, -0.2) is 0 Å². The molecule has 4 nitrogen and oxygen atoms in total. The topological polar surface area (TPSA) is 43.8 Å². The van der Waals surface area contributed by atoms with Gasteiger partial charge in [0.15, 0.2) is 0 Å². The Morgan fingerprint density at radius 2 is 1.85 bits per heavy atom. The largest absolute Gasteiger partial charge is 0.393 e. The summed E-state index contributed by atoms with van der Waals surface area (Å²) in [5.74, 6) is 0.307. The van der Waals surface area contributed by atoms with E-state index in [9.17, 15) is 9.90 Å². The number of aliphatic hydroxyl groups is 1. The summed E-state index contributed by atoms with van der Waals surface area (Å²) in [6.07, 6.45) is 6.14. The molecule has 0 aromatic heterocycles. The number of aliphatic hydroxyl groups excluding tert-OH is 1. The van der Waals surface area contributed by atoms with Crippen molar-refractivity contribution in [2.45, 2.75) is 57.1 Å². The number of hydrogen-bond acceptors (Lipinski definition) is 3. The van der Waals surface area contributed by atoms with Gasteiger partial charge in [-0.2, -0.15) is 0 Å². The second-order valence-corrected chi connectivity index (χ2v) is 8.87. The molecule has 2 saturated heterocycles. The molecular weight excluding hydrogens is 371 g/mol. The molecule has 26 heavy (non-hydrogen) atoms. The second-order valence-electron chi connectivity index (χ2n) is 8.09. The average Bonchev–Trinajstić information content (AvgIpc) is 2.94. The average molecular weight is 397 g/mol. The van der Waals surface area contributed by atoms with Crippen molar-refractivity contribution in [1.29, 1.82) is 0 Å². The number of carbonyl (C=O) groups is 1. The normalized spacial score (nSPS) is 32.5. The first-order chi connectivity index (χ1) is 12.5. The molecule has 2 heterocycles. The third kappa shape index (κ3) is 3.21. The third-order valence-electron chi connectivity index (χ3n) is 6.50. The van der Waals surface area contributed by atoms with E-state index in [0.29, 0.717) is 22.0 Å². The molecule has 0 bridgehead atoms. The molecule has 0 radical (unpaired) electrons. The third-order valence-corrected chi connectivity index (χ3v) is 7.31. The highest BCUT2D eigenvalue weighted by molar-refractivity contribution is 6.43. The summed E-state index contributed by atoms with van der Waals surface area (Å²) in [5, 5.41) is 10.9. The van der Waals surface area contributed by atoms with Gasteiger partial charge in [-0.1, -0.05) is 29.3 Å². The molecule has 1 spiro atoms. The first-order valence-corrected chi connectivity index (χ1v) is 10.4. The molecule has 1 N–H and O–H groups in total. The lowest BCUT2D eigenvalue weighted by atomic mass is 9.78. The Hall–Kier alpha value is -0.970. The summed E-state index contributed by atoms with van der Waals surface area (Å²) in [6.45, 7) is 2.47. The standard InChI is InChI=1S/C20H26Cl2N2O2/c21-16-3-1-4-17(18(16)22)23-11-2-9-20(13-23)10-12-24(19(20)26)14-5-7-15(25)8-6-14/h1,3-4,14-15,25H,2,5-13H2/t14-,15+,20-/m0/s1. The Morgan fingerprint density at radius 3 is 2.62 bits per heavy atom. The summed E-state index contributed by atoms with van der Waals surface area (Å²) in [5.41, 5.74) is 0.644. The first-order valence-electron chi connectivity index (χ1n) is 9.68. The van der Waals surface area contributed by atoms with Crippen LogP contribution in [0.25, 0.3) is 0 Å². The minimum atomic E-state index is -0.292. The van der Waals surface area contributed by atoms with Gasteiger partial charge in [0, 0.05) is 25.7 Å². The second kappa shape index (κ2) is 7.21. The van der Waals surface area contributed by atoms with Crippen LogP contribution in [0, 0.1) is 5.41 Å². The zero-order valence-electron chi connectivity index (χ0n) is 15.0. The Labute approximate surface area is 165 Å². The van der Waals surface area contributed by atoms with Gasteiger partial charge in [0.2, 0.25) is 5.91 Å². The summed E-state index contributed by atoms with van der Waals surface area (Å²) < 4.78 is 0. The lowest BCUT2D eigenvalue weighted by Crippen LogP contribution is -2.50. The zero-order valence-corrected chi connectivity index (χ0v) is 16.5. The van der Waals surface area contributed by atoms with Crippen LogP contribution in [0.15, 0.2) is 18.2 Å². The van der Waals surface area contributed by atoms with Crippen LogP contribution in [0.4, 0.5) is 5.69 Å². The molecule has 3 aliphatic rings. The van der Waals surface area contributed by atoms with Crippen molar-refractivity contribution in [3.63, 3.8) is 0 Å². The molecule has 1 saturated carbocycles. The summed E-state index contributed by atoms with van der Waals surface area (Å²) in [4.78, 5) is 17.7. The molecule has 142 valence electrons. The van der Waals surface area contributed by atoms with Crippen molar-refractivity contribution in [2.24, 2.45) is 5.41 Å². The van der Waals surface area contributed by atoms with Crippen molar-refractivity contribution in [3.05, 3.63) is 28.2 Å². The molecule has 6 heteroatoms. The minimum Gasteiger partial charge on any atom is -0.393 e. The number of nitrogens with zero attached hydrogens (tertiary/aromatic N) is 2. The minimum absolute atomic E-state index is 0.187. The van der Waals surface area contributed by atoms with Crippen molar-refractivity contribution in [3.8, 4) is 0 Å². The molecule has 3 fully saturated rings. The van der Waals surface area contributed by atoms with Crippen LogP contribution in [0.3, 0.4) is 0 Å². The molecule has 1 aromatic carbocycles. The van der Waals surface area contributed by atoms with E-state index in [2.05, 4.69) is 9.80 Å². The number of halogens is 2. The fourth-order valence-corrected chi connectivity index (χ4v) is 5.43.